The Morgan fingerprint density at radius 2 is 2.08 bits per heavy atom. The number of hydrogen-bond acceptors (Lipinski definition) is 5. The zero-order chi connectivity index (χ0) is 17.8. The zero-order valence-electron chi connectivity index (χ0n) is 13.8. The van der Waals surface area contributed by atoms with Crippen LogP contribution in [-0.2, 0) is 11.2 Å². The third kappa shape index (κ3) is 3.77. The standard InChI is InChI=1S/C18H17N3O3S/c1-11-13(17(23)19-2)5-3-6-14(11)21-16(22)9-12-10-25-18(20-12)15-7-4-8-24-15/h3-8,10H,9H2,1-2H3,(H,19,23)(H,21,22). The van der Waals surface area contributed by atoms with Gasteiger partial charge in [0.15, 0.2) is 10.8 Å². The summed E-state index contributed by atoms with van der Waals surface area (Å²) in [7, 11) is 1.58. The number of carbonyl (C=O) groups excluding carboxylic acids is 2. The highest BCUT2D eigenvalue weighted by molar-refractivity contribution is 7.13. The van der Waals surface area contributed by atoms with Crippen LogP contribution in [0, 0.1) is 6.92 Å². The fourth-order valence-corrected chi connectivity index (χ4v) is 3.20. The number of anilines is 1. The minimum absolute atomic E-state index is 0.154. The molecule has 0 aliphatic heterocycles. The zero-order valence-corrected chi connectivity index (χ0v) is 14.6. The Balaban J connectivity index is 1.70. The van der Waals surface area contributed by atoms with Crippen molar-refractivity contribution in [1.82, 2.24) is 10.3 Å². The predicted molar refractivity (Wildman–Crippen MR) is 96.7 cm³/mol. The smallest absolute Gasteiger partial charge is 0.251 e. The Morgan fingerprint density at radius 3 is 2.80 bits per heavy atom. The Hall–Kier alpha value is -2.93. The van der Waals surface area contributed by atoms with Crippen LogP contribution in [0.3, 0.4) is 0 Å². The second-order valence-electron chi connectivity index (χ2n) is 5.40. The largest absolute Gasteiger partial charge is 0.462 e. The number of furan rings is 1. The van der Waals surface area contributed by atoms with E-state index < -0.39 is 0 Å². The molecule has 0 atom stereocenters. The van der Waals surface area contributed by atoms with E-state index in [1.165, 1.54) is 11.3 Å². The van der Waals surface area contributed by atoms with E-state index in [0.29, 0.717) is 22.7 Å². The molecular formula is C18H17N3O3S. The molecule has 128 valence electrons. The summed E-state index contributed by atoms with van der Waals surface area (Å²) in [6, 6.07) is 8.86. The fraction of sp³-hybridized carbons (Fsp3) is 0.167. The minimum atomic E-state index is -0.187. The van der Waals surface area contributed by atoms with Crippen LogP contribution in [0.5, 0.6) is 0 Å². The number of rotatable bonds is 5. The molecule has 6 nitrogen and oxygen atoms in total. The van der Waals surface area contributed by atoms with Crippen LogP contribution in [-0.4, -0.2) is 23.8 Å². The summed E-state index contributed by atoms with van der Waals surface area (Å²) in [5, 5.41) is 8.01. The molecule has 0 spiro atoms. The minimum Gasteiger partial charge on any atom is -0.462 e. The maximum atomic E-state index is 12.3. The number of thiazole rings is 1. The van der Waals surface area contributed by atoms with Gasteiger partial charge in [0, 0.05) is 23.7 Å². The van der Waals surface area contributed by atoms with Crippen LogP contribution in [0.4, 0.5) is 5.69 Å². The molecule has 0 fully saturated rings. The van der Waals surface area contributed by atoms with Crippen molar-refractivity contribution in [1.29, 1.82) is 0 Å². The number of benzene rings is 1. The molecule has 1 aromatic carbocycles. The summed E-state index contributed by atoms with van der Waals surface area (Å²) in [6.45, 7) is 1.80. The molecule has 3 aromatic rings. The highest BCUT2D eigenvalue weighted by atomic mass is 32.1. The maximum Gasteiger partial charge on any atom is 0.251 e. The lowest BCUT2D eigenvalue weighted by molar-refractivity contribution is -0.115. The lowest BCUT2D eigenvalue weighted by Gasteiger charge is -2.11. The maximum absolute atomic E-state index is 12.3. The number of nitrogens with zero attached hydrogens (tertiary/aromatic N) is 1. The van der Waals surface area contributed by atoms with E-state index in [2.05, 4.69) is 15.6 Å². The molecular weight excluding hydrogens is 338 g/mol. The van der Waals surface area contributed by atoms with Gasteiger partial charge in [-0.15, -0.1) is 11.3 Å². The monoisotopic (exact) mass is 355 g/mol. The highest BCUT2D eigenvalue weighted by Gasteiger charge is 2.14. The summed E-state index contributed by atoms with van der Waals surface area (Å²) in [5.74, 6) is 0.315. The molecule has 0 saturated heterocycles. The van der Waals surface area contributed by atoms with Gasteiger partial charge < -0.3 is 15.1 Å². The van der Waals surface area contributed by atoms with Crippen LogP contribution in [0.15, 0.2) is 46.4 Å². The van der Waals surface area contributed by atoms with Gasteiger partial charge >= 0.3 is 0 Å². The molecule has 0 radical (unpaired) electrons. The van der Waals surface area contributed by atoms with Crippen molar-refractivity contribution >= 4 is 28.8 Å². The molecule has 2 heterocycles. The van der Waals surface area contributed by atoms with Gasteiger partial charge in [-0.2, -0.15) is 0 Å². The van der Waals surface area contributed by atoms with E-state index in [1.54, 1.807) is 44.5 Å². The van der Waals surface area contributed by atoms with E-state index in [1.807, 2.05) is 11.4 Å². The number of nitrogens with one attached hydrogen (secondary N) is 2. The van der Waals surface area contributed by atoms with Crippen molar-refractivity contribution in [2.75, 3.05) is 12.4 Å². The molecule has 2 aromatic heterocycles. The fourth-order valence-electron chi connectivity index (χ4n) is 2.41. The molecule has 2 amide bonds. The third-order valence-electron chi connectivity index (χ3n) is 3.70. The quantitative estimate of drug-likeness (QED) is 0.736. The first-order valence-corrected chi connectivity index (χ1v) is 8.56. The molecule has 3 rings (SSSR count). The average molecular weight is 355 g/mol. The summed E-state index contributed by atoms with van der Waals surface area (Å²) in [4.78, 5) is 28.6. The van der Waals surface area contributed by atoms with E-state index in [0.717, 1.165) is 10.6 Å². The van der Waals surface area contributed by atoms with Crippen molar-refractivity contribution in [3.63, 3.8) is 0 Å². The van der Waals surface area contributed by atoms with Gasteiger partial charge in [-0.05, 0) is 36.8 Å². The topological polar surface area (TPSA) is 84.2 Å². The Kier molecular flexibility index (Phi) is 4.95. The van der Waals surface area contributed by atoms with Gasteiger partial charge in [0.25, 0.3) is 5.91 Å². The SMILES string of the molecule is CNC(=O)c1cccc(NC(=O)Cc2csc(-c3ccco3)n2)c1C. The number of carbonyl (C=O) groups is 2. The summed E-state index contributed by atoms with van der Waals surface area (Å²) >= 11 is 1.43. The molecule has 0 unspecified atom stereocenters. The first-order valence-electron chi connectivity index (χ1n) is 7.68. The van der Waals surface area contributed by atoms with Crippen molar-refractivity contribution in [2.45, 2.75) is 13.3 Å². The van der Waals surface area contributed by atoms with Crippen molar-refractivity contribution in [2.24, 2.45) is 0 Å². The van der Waals surface area contributed by atoms with Crippen LogP contribution in [0.2, 0.25) is 0 Å². The van der Waals surface area contributed by atoms with E-state index in [-0.39, 0.29) is 18.2 Å². The Bertz CT molecular complexity index is 900. The lowest BCUT2D eigenvalue weighted by Crippen LogP contribution is -2.21. The molecule has 0 aliphatic rings. The van der Waals surface area contributed by atoms with Crippen LogP contribution < -0.4 is 10.6 Å². The van der Waals surface area contributed by atoms with Crippen LogP contribution in [0.25, 0.3) is 10.8 Å². The van der Waals surface area contributed by atoms with E-state index in [4.69, 9.17) is 4.42 Å². The number of hydrogen-bond donors (Lipinski definition) is 2. The highest BCUT2D eigenvalue weighted by Crippen LogP contribution is 2.24. The first kappa shape index (κ1) is 16.9. The second kappa shape index (κ2) is 7.31. The number of aromatic nitrogens is 1. The van der Waals surface area contributed by atoms with Gasteiger partial charge in [-0.25, -0.2) is 4.98 Å². The van der Waals surface area contributed by atoms with Gasteiger partial charge in [0.1, 0.15) is 0 Å². The summed E-state index contributed by atoms with van der Waals surface area (Å²) in [6.07, 6.45) is 1.74. The van der Waals surface area contributed by atoms with Crippen molar-refractivity contribution < 1.29 is 14.0 Å². The normalized spacial score (nSPS) is 10.5. The second-order valence-corrected chi connectivity index (χ2v) is 6.26. The molecule has 0 aliphatic carbocycles. The van der Waals surface area contributed by atoms with Gasteiger partial charge in [0.05, 0.1) is 18.4 Å². The van der Waals surface area contributed by atoms with Crippen LogP contribution in [0.1, 0.15) is 21.6 Å². The lowest BCUT2D eigenvalue weighted by atomic mass is 10.1. The Morgan fingerprint density at radius 1 is 1.24 bits per heavy atom. The molecule has 2 N–H and O–H groups in total. The van der Waals surface area contributed by atoms with Crippen molar-refractivity contribution in [3.05, 3.63) is 58.8 Å². The van der Waals surface area contributed by atoms with Gasteiger partial charge in [-0.1, -0.05) is 6.07 Å². The van der Waals surface area contributed by atoms with E-state index in [9.17, 15) is 9.59 Å². The van der Waals surface area contributed by atoms with Gasteiger partial charge in [0.2, 0.25) is 5.91 Å². The Labute approximate surface area is 148 Å². The summed E-state index contributed by atoms with van der Waals surface area (Å²) < 4.78 is 5.30. The summed E-state index contributed by atoms with van der Waals surface area (Å²) in [5.41, 5.74) is 2.56. The average Bonchev–Trinajstić information content (AvgIpc) is 3.27. The van der Waals surface area contributed by atoms with E-state index >= 15 is 0 Å². The molecule has 7 heteroatoms. The van der Waals surface area contributed by atoms with Crippen molar-refractivity contribution in [3.8, 4) is 10.8 Å². The van der Waals surface area contributed by atoms with Crippen LogP contribution >= 0.6 is 11.3 Å². The van der Waals surface area contributed by atoms with Gasteiger partial charge in [-0.3, -0.25) is 9.59 Å². The third-order valence-corrected chi connectivity index (χ3v) is 4.61. The number of amides is 2. The molecule has 0 saturated carbocycles. The molecule has 25 heavy (non-hydrogen) atoms. The first-order chi connectivity index (χ1) is 12.1. The predicted octanol–water partition coefficient (Wildman–Crippen LogP) is 3.25. The molecule has 0 bridgehead atoms.